The van der Waals surface area contributed by atoms with Crippen molar-refractivity contribution in [3.8, 4) is 0 Å². The van der Waals surface area contributed by atoms with Gasteiger partial charge in [-0.25, -0.2) is 9.97 Å². The molecule has 1 saturated carbocycles. The number of nitrogens with two attached hydrogens (primary N) is 1. The summed E-state index contributed by atoms with van der Waals surface area (Å²) in [5.74, 6) is 0.966. The third kappa shape index (κ3) is 4.89. The molecule has 4 N–H and O–H groups in total. The molecule has 23 heavy (non-hydrogen) atoms. The first kappa shape index (κ1) is 17.7. The van der Waals surface area contributed by atoms with Crippen LogP contribution in [0.3, 0.4) is 0 Å². The molecule has 1 aromatic heterocycles. The molecule has 0 unspecified atom stereocenters. The maximum atomic E-state index is 11.6. The van der Waals surface area contributed by atoms with Crippen molar-refractivity contribution in [2.75, 3.05) is 5.32 Å². The van der Waals surface area contributed by atoms with E-state index in [0.29, 0.717) is 35.5 Å². The number of anilines is 1. The number of nitrogens with one attached hydrogen (secondary N) is 1. The minimum atomic E-state index is -0.483. The molecule has 6 heteroatoms. The van der Waals surface area contributed by atoms with Gasteiger partial charge in [0.15, 0.2) is 0 Å². The first-order valence-corrected chi connectivity index (χ1v) is 8.47. The molecule has 0 aliphatic heterocycles. The minimum Gasteiger partial charge on any atom is -0.393 e. The summed E-state index contributed by atoms with van der Waals surface area (Å²) in [5.41, 5.74) is 6.57. The van der Waals surface area contributed by atoms with Gasteiger partial charge in [-0.2, -0.15) is 0 Å². The summed E-state index contributed by atoms with van der Waals surface area (Å²) < 4.78 is 0. The zero-order valence-electron chi connectivity index (χ0n) is 14.2. The van der Waals surface area contributed by atoms with E-state index in [-0.39, 0.29) is 12.1 Å². The molecule has 1 heterocycles. The molecule has 1 aliphatic carbocycles. The summed E-state index contributed by atoms with van der Waals surface area (Å²) in [7, 11) is 0. The van der Waals surface area contributed by atoms with Crippen LogP contribution in [-0.2, 0) is 6.42 Å². The smallest absolute Gasteiger partial charge is 0.252 e. The molecule has 0 bridgehead atoms. The van der Waals surface area contributed by atoms with Gasteiger partial charge < -0.3 is 16.2 Å². The van der Waals surface area contributed by atoms with Crippen molar-refractivity contribution in [1.29, 1.82) is 0 Å². The van der Waals surface area contributed by atoms with Crippen LogP contribution in [-0.4, -0.2) is 33.1 Å². The Kier molecular flexibility index (Phi) is 5.93. The van der Waals surface area contributed by atoms with Gasteiger partial charge >= 0.3 is 0 Å². The maximum Gasteiger partial charge on any atom is 0.252 e. The van der Waals surface area contributed by atoms with Gasteiger partial charge in [-0.1, -0.05) is 20.8 Å². The molecule has 0 aromatic carbocycles. The van der Waals surface area contributed by atoms with Crippen LogP contribution >= 0.6 is 0 Å². The number of aliphatic hydroxyl groups excluding tert-OH is 1. The summed E-state index contributed by atoms with van der Waals surface area (Å²) in [5, 5.41) is 12.9. The Bertz CT molecular complexity index is 539. The fourth-order valence-electron chi connectivity index (χ4n) is 2.79. The summed E-state index contributed by atoms with van der Waals surface area (Å²) in [6, 6.07) is 0.271. The molecular weight excluding hydrogens is 292 g/mol. The zero-order valence-corrected chi connectivity index (χ0v) is 14.2. The first-order valence-electron chi connectivity index (χ1n) is 8.47. The van der Waals surface area contributed by atoms with E-state index in [9.17, 15) is 9.90 Å². The number of primary amides is 1. The average molecular weight is 320 g/mol. The molecule has 1 amide bonds. The number of aromatic nitrogens is 2. The lowest BCUT2D eigenvalue weighted by Gasteiger charge is -2.26. The van der Waals surface area contributed by atoms with Crippen molar-refractivity contribution in [2.45, 2.75) is 65.0 Å². The Morgan fingerprint density at radius 2 is 2.00 bits per heavy atom. The number of hydrogen-bond donors (Lipinski definition) is 3. The second-order valence-electron chi connectivity index (χ2n) is 6.99. The predicted molar refractivity (Wildman–Crippen MR) is 90.1 cm³/mol. The molecule has 128 valence electrons. The molecule has 1 aliphatic rings. The lowest BCUT2D eigenvalue weighted by molar-refractivity contribution is 0.0998. The highest BCUT2D eigenvalue weighted by Gasteiger charge is 2.21. The van der Waals surface area contributed by atoms with Crippen molar-refractivity contribution < 1.29 is 9.90 Å². The van der Waals surface area contributed by atoms with Crippen molar-refractivity contribution in [3.63, 3.8) is 0 Å². The van der Waals surface area contributed by atoms with Crippen molar-refractivity contribution in [3.05, 3.63) is 17.5 Å². The molecule has 6 nitrogen and oxygen atoms in total. The van der Waals surface area contributed by atoms with Crippen molar-refractivity contribution >= 4 is 11.9 Å². The van der Waals surface area contributed by atoms with Gasteiger partial charge in [0, 0.05) is 12.2 Å². The highest BCUT2D eigenvalue weighted by molar-refractivity contribution is 5.93. The second kappa shape index (κ2) is 7.73. The largest absolute Gasteiger partial charge is 0.393 e. The average Bonchev–Trinajstić information content (AvgIpc) is 2.49. The van der Waals surface area contributed by atoms with Crippen LogP contribution in [0, 0.1) is 11.8 Å². The summed E-state index contributed by atoms with van der Waals surface area (Å²) in [6.45, 7) is 6.46. The van der Waals surface area contributed by atoms with Gasteiger partial charge in [0.1, 0.15) is 0 Å². The van der Waals surface area contributed by atoms with Crippen LogP contribution in [0.4, 0.5) is 5.95 Å². The number of rotatable bonds is 6. The quantitative estimate of drug-likeness (QED) is 0.745. The fourth-order valence-corrected chi connectivity index (χ4v) is 2.79. The van der Waals surface area contributed by atoms with Crippen molar-refractivity contribution in [2.24, 2.45) is 17.6 Å². The van der Waals surface area contributed by atoms with E-state index in [1.165, 1.54) is 6.20 Å². The minimum absolute atomic E-state index is 0.186. The lowest BCUT2D eigenvalue weighted by Crippen LogP contribution is -2.29. The zero-order chi connectivity index (χ0) is 17.0. The Hall–Kier alpha value is -1.69. The number of nitrogens with zero attached hydrogens (tertiary/aromatic N) is 2. The number of aliphatic hydroxyl groups is 1. The molecular formula is C17H28N4O2. The van der Waals surface area contributed by atoms with Crippen LogP contribution in [0.1, 0.15) is 62.5 Å². The van der Waals surface area contributed by atoms with E-state index in [4.69, 9.17) is 5.73 Å². The van der Waals surface area contributed by atoms with E-state index in [1.807, 2.05) is 0 Å². The number of carbonyl (C=O) groups is 1. The first-order chi connectivity index (χ1) is 10.9. The topological polar surface area (TPSA) is 101 Å². The number of hydrogen-bond acceptors (Lipinski definition) is 5. The van der Waals surface area contributed by atoms with Crippen molar-refractivity contribution in [1.82, 2.24) is 9.97 Å². The normalized spacial score (nSPS) is 22.8. The van der Waals surface area contributed by atoms with E-state index >= 15 is 0 Å². The van der Waals surface area contributed by atoms with Crippen LogP contribution < -0.4 is 11.1 Å². The van der Waals surface area contributed by atoms with E-state index in [1.54, 1.807) is 0 Å². The van der Waals surface area contributed by atoms with Gasteiger partial charge in [0.2, 0.25) is 5.95 Å². The Morgan fingerprint density at radius 3 is 2.57 bits per heavy atom. The molecule has 1 fully saturated rings. The fraction of sp³-hybridized carbons (Fsp3) is 0.706. The molecule has 0 saturated heterocycles. The summed E-state index contributed by atoms with van der Waals surface area (Å²) in [6.07, 6.45) is 5.45. The number of amides is 1. The monoisotopic (exact) mass is 320 g/mol. The Labute approximate surface area is 137 Å². The molecule has 1 atom stereocenters. The SMILES string of the molecule is CC(C)[C@@H](C)Cc1nc(NC2CCC(O)CC2)ncc1C(N)=O. The highest BCUT2D eigenvalue weighted by Crippen LogP contribution is 2.22. The summed E-state index contributed by atoms with van der Waals surface area (Å²) >= 11 is 0. The maximum absolute atomic E-state index is 11.6. The Balaban J connectivity index is 2.13. The van der Waals surface area contributed by atoms with Crippen LogP contribution in [0.25, 0.3) is 0 Å². The summed E-state index contributed by atoms with van der Waals surface area (Å²) in [4.78, 5) is 20.4. The third-order valence-corrected chi connectivity index (χ3v) is 4.82. The van der Waals surface area contributed by atoms with Gasteiger partial charge in [0.05, 0.1) is 17.4 Å². The number of carbonyl (C=O) groups excluding carboxylic acids is 1. The van der Waals surface area contributed by atoms with Gasteiger partial charge in [0.25, 0.3) is 5.91 Å². The van der Waals surface area contributed by atoms with Gasteiger partial charge in [-0.15, -0.1) is 0 Å². The van der Waals surface area contributed by atoms with Crippen LogP contribution in [0.15, 0.2) is 6.20 Å². The van der Waals surface area contributed by atoms with Crippen LogP contribution in [0.5, 0.6) is 0 Å². The lowest BCUT2D eigenvalue weighted by atomic mass is 9.92. The van der Waals surface area contributed by atoms with Gasteiger partial charge in [-0.3, -0.25) is 4.79 Å². The third-order valence-electron chi connectivity index (χ3n) is 4.82. The van der Waals surface area contributed by atoms with E-state index < -0.39 is 5.91 Å². The second-order valence-corrected chi connectivity index (χ2v) is 6.99. The molecule has 0 radical (unpaired) electrons. The van der Waals surface area contributed by atoms with Gasteiger partial charge in [-0.05, 0) is 43.9 Å². The standard InChI is InChI=1S/C17H28N4O2/c1-10(2)11(3)8-15-14(16(18)23)9-19-17(21-15)20-12-4-6-13(22)7-5-12/h9-13,22H,4-8H2,1-3H3,(H2,18,23)(H,19,20,21)/t11-,12?,13?/m0/s1. The van der Waals surface area contributed by atoms with Crippen LogP contribution in [0.2, 0.25) is 0 Å². The predicted octanol–water partition coefficient (Wildman–Crippen LogP) is 2.13. The van der Waals surface area contributed by atoms with E-state index in [0.717, 1.165) is 25.7 Å². The molecule has 0 spiro atoms. The molecule has 2 rings (SSSR count). The Morgan fingerprint density at radius 1 is 1.35 bits per heavy atom. The molecule has 1 aromatic rings. The van der Waals surface area contributed by atoms with E-state index in [2.05, 4.69) is 36.1 Å². The highest BCUT2D eigenvalue weighted by atomic mass is 16.3.